The lowest BCUT2D eigenvalue weighted by atomic mass is 9.57. The quantitative estimate of drug-likeness (QED) is 0.191. The van der Waals surface area contributed by atoms with Crippen LogP contribution in [0, 0.1) is 5.92 Å². The maximum atomic E-state index is 15.0. The predicted molar refractivity (Wildman–Crippen MR) is 181 cm³/mol. The van der Waals surface area contributed by atoms with Crippen molar-refractivity contribution in [3.8, 4) is 0 Å². The fourth-order valence-electron chi connectivity index (χ4n) is 7.51. The number of fused-ring (bicyclic) bond motifs is 3. The van der Waals surface area contributed by atoms with Gasteiger partial charge in [-0.1, -0.05) is 110 Å². The maximum absolute atomic E-state index is 15.0. The van der Waals surface area contributed by atoms with Gasteiger partial charge in [-0.3, -0.25) is 4.79 Å². The summed E-state index contributed by atoms with van der Waals surface area (Å²) in [7, 11) is 2.15. The lowest BCUT2D eigenvalue weighted by Crippen LogP contribution is -2.61. The SMILES string of the molecule is CN1c2ccc3ccccc3c2C(C)(C)[C@@]12C=C(c1ccc(Cl)cc1)C=C(c1ccccc1)[C@H]2C(=O)c1ccc(Cl)cc1. The highest BCUT2D eigenvalue weighted by Gasteiger charge is 2.62. The first-order valence-corrected chi connectivity index (χ1v) is 15.3. The smallest absolute Gasteiger partial charge is 0.173 e. The van der Waals surface area contributed by atoms with Gasteiger partial charge in [0, 0.05) is 33.8 Å². The van der Waals surface area contributed by atoms with Crippen LogP contribution in [-0.2, 0) is 5.41 Å². The van der Waals surface area contributed by atoms with Gasteiger partial charge in [0.05, 0.1) is 11.5 Å². The first-order valence-electron chi connectivity index (χ1n) is 14.5. The Morgan fingerprint density at radius 2 is 1.35 bits per heavy atom. The van der Waals surface area contributed by atoms with E-state index in [1.54, 1.807) is 12.1 Å². The second-order valence-corrected chi connectivity index (χ2v) is 12.9. The second-order valence-electron chi connectivity index (χ2n) is 12.1. The molecule has 2 aliphatic rings. The van der Waals surface area contributed by atoms with Crippen LogP contribution >= 0.6 is 23.2 Å². The van der Waals surface area contributed by atoms with Gasteiger partial charge in [-0.15, -0.1) is 0 Å². The summed E-state index contributed by atoms with van der Waals surface area (Å²) in [5, 5.41) is 3.70. The Balaban J connectivity index is 1.57. The van der Waals surface area contributed by atoms with Crippen molar-refractivity contribution >= 4 is 56.6 Å². The number of Topliss-reactive ketones (excluding diaryl/α,β-unsaturated/α-hetero) is 1. The summed E-state index contributed by atoms with van der Waals surface area (Å²) in [6, 6.07) is 38.6. The molecule has 0 unspecified atom stereocenters. The number of ketones is 1. The van der Waals surface area contributed by atoms with Gasteiger partial charge in [-0.05, 0) is 93.2 Å². The molecule has 0 N–H and O–H groups in total. The van der Waals surface area contributed by atoms with Crippen molar-refractivity contribution < 1.29 is 4.79 Å². The molecule has 43 heavy (non-hydrogen) atoms. The van der Waals surface area contributed by atoms with Crippen molar-refractivity contribution in [2.75, 3.05) is 11.9 Å². The number of benzene rings is 5. The standard InChI is InChI=1S/C39H31Cl2NO/c1-38(2)35-32-12-8-7-11-27(32)17-22-34(35)42(3)39(38)24-29(25-13-18-30(40)19-14-25)23-33(26-9-5-4-6-10-26)36(39)37(43)28-15-20-31(41)21-16-28/h4-24,36H,1-3H3/t36-,39-/m0/s1. The lowest BCUT2D eigenvalue weighted by Gasteiger charge is -2.52. The molecular weight excluding hydrogens is 569 g/mol. The average Bonchev–Trinajstić information content (AvgIpc) is 3.19. The van der Waals surface area contributed by atoms with Crippen molar-refractivity contribution in [3.05, 3.63) is 160 Å². The van der Waals surface area contributed by atoms with Crippen LogP contribution in [0.3, 0.4) is 0 Å². The van der Waals surface area contributed by atoms with E-state index in [-0.39, 0.29) is 5.78 Å². The summed E-state index contributed by atoms with van der Waals surface area (Å²) in [5.74, 6) is -0.450. The van der Waals surface area contributed by atoms with Gasteiger partial charge in [-0.25, -0.2) is 0 Å². The van der Waals surface area contributed by atoms with Crippen molar-refractivity contribution in [1.82, 2.24) is 0 Å². The van der Waals surface area contributed by atoms with E-state index in [9.17, 15) is 0 Å². The van der Waals surface area contributed by atoms with Crippen LogP contribution in [-0.4, -0.2) is 18.4 Å². The first-order chi connectivity index (χ1) is 20.7. The predicted octanol–water partition coefficient (Wildman–Crippen LogP) is 10.3. The third-order valence-electron chi connectivity index (χ3n) is 9.56. The van der Waals surface area contributed by atoms with Gasteiger partial charge in [-0.2, -0.15) is 0 Å². The van der Waals surface area contributed by atoms with Gasteiger partial charge in [0.1, 0.15) is 0 Å². The van der Waals surface area contributed by atoms with E-state index in [0.29, 0.717) is 15.6 Å². The third-order valence-corrected chi connectivity index (χ3v) is 10.1. The van der Waals surface area contributed by atoms with Crippen LogP contribution in [0.2, 0.25) is 10.0 Å². The third kappa shape index (κ3) is 4.19. The molecule has 0 saturated heterocycles. The van der Waals surface area contributed by atoms with E-state index in [0.717, 1.165) is 28.0 Å². The normalized spacial score (nSPS) is 20.6. The monoisotopic (exact) mass is 599 g/mol. The summed E-state index contributed by atoms with van der Waals surface area (Å²) in [6.07, 6.45) is 4.54. The Hall–Kier alpha value is -4.11. The van der Waals surface area contributed by atoms with E-state index in [1.165, 1.54) is 16.3 Å². The zero-order valence-electron chi connectivity index (χ0n) is 24.3. The summed E-state index contributed by atoms with van der Waals surface area (Å²) in [6.45, 7) is 4.60. The summed E-state index contributed by atoms with van der Waals surface area (Å²) < 4.78 is 0. The Labute approximate surface area is 262 Å². The van der Waals surface area contributed by atoms with Gasteiger partial charge < -0.3 is 4.90 Å². The minimum Gasteiger partial charge on any atom is -0.363 e. The highest BCUT2D eigenvalue weighted by atomic mass is 35.5. The van der Waals surface area contributed by atoms with Gasteiger partial charge in [0.15, 0.2) is 5.78 Å². The van der Waals surface area contributed by atoms with E-state index in [4.69, 9.17) is 23.2 Å². The van der Waals surface area contributed by atoms with E-state index >= 15 is 4.79 Å². The number of rotatable bonds is 4. The molecule has 2 nitrogen and oxygen atoms in total. The minimum absolute atomic E-state index is 0.0650. The molecule has 2 atom stereocenters. The Bertz CT molecular complexity index is 1940. The number of nitrogens with zero attached hydrogens (tertiary/aromatic N) is 1. The number of carbonyl (C=O) groups excluding carboxylic acids is 1. The maximum Gasteiger partial charge on any atom is 0.173 e. The van der Waals surface area contributed by atoms with Crippen molar-refractivity contribution in [2.45, 2.75) is 24.8 Å². The minimum atomic E-state index is -0.745. The van der Waals surface area contributed by atoms with Crippen molar-refractivity contribution in [3.63, 3.8) is 0 Å². The molecule has 7 rings (SSSR count). The molecule has 0 fully saturated rings. The first kappa shape index (κ1) is 27.7. The summed E-state index contributed by atoms with van der Waals surface area (Å²) in [4.78, 5) is 17.4. The number of likely N-dealkylation sites (N-methyl/N-ethyl adjacent to an activating group) is 1. The second kappa shape index (κ2) is 10.3. The van der Waals surface area contributed by atoms with Gasteiger partial charge in [0.25, 0.3) is 0 Å². The van der Waals surface area contributed by atoms with Gasteiger partial charge in [0.2, 0.25) is 0 Å². The van der Waals surface area contributed by atoms with Crippen LogP contribution in [0.1, 0.15) is 40.9 Å². The zero-order chi connectivity index (χ0) is 29.9. The molecule has 5 aromatic carbocycles. The van der Waals surface area contributed by atoms with Gasteiger partial charge >= 0.3 is 0 Å². The lowest BCUT2D eigenvalue weighted by molar-refractivity contribution is 0.0886. The van der Waals surface area contributed by atoms with E-state index in [1.807, 2.05) is 42.5 Å². The Kier molecular flexibility index (Phi) is 6.61. The fraction of sp³-hybridized carbons (Fsp3) is 0.154. The highest BCUT2D eigenvalue weighted by molar-refractivity contribution is 6.31. The highest BCUT2D eigenvalue weighted by Crippen LogP contribution is 2.61. The molecule has 4 heteroatoms. The molecule has 0 aromatic heterocycles. The van der Waals surface area contributed by atoms with Crippen molar-refractivity contribution in [1.29, 1.82) is 0 Å². The molecule has 0 amide bonds. The number of allylic oxidation sites excluding steroid dienone is 2. The fourth-order valence-corrected chi connectivity index (χ4v) is 7.76. The molecule has 5 aromatic rings. The molecule has 212 valence electrons. The largest absolute Gasteiger partial charge is 0.363 e. The number of anilines is 1. The van der Waals surface area contributed by atoms with Crippen molar-refractivity contribution in [2.24, 2.45) is 5.92 Å². The molecule has 1 heterocycles. The Morgan fingerprint density at radius 3 is 2.05 bits per heavy atom. The van der Waals surface area contributed by atoms with Crippen LogP contribution in [0.5, 0.6) is 0 Å². The number of carbonyl (C=O) groups is 1. The molecular formula is C39H31Cl2NO. The van der Waals surface area contributed by atoms with E-state index < -0.39 is 16.9 Å². The summed E-state index contributed by atoms with van der Waals surface area (Å²) in [5.41, 5.74) is 5.95. The molecule has 0 radical (unpaired) electrons. The number of hydrogen-bond donors (Lipinski definition) is 0. The molecule has 1 aliphatic carbocycles. The topological polar surface area (TPSA) is 20.3 Å². The average molecular weight is 601 g/mol. The van der Waals surface area contributed by atoms with Crippen LogP contribution in [0.25, 0.3) is 21.9 Å². The molecule has 0 saturated carbocycles. The zero-order valence-corrected chi connectivity index (χ0v) is 25.8. The summed E-state index contributed by atoms with van der Waals surface area (Å²) >= 11 is 12.6. The molecule has 1 aliphatic heterocycles. The number of hydrogen-bond acceptors (Lipinski definition) is 2. The molecule has 0 bridgehead atoms. The van der Waals surface area contributed by atoms with E-state index in [2.05, 4.69) is 98.6 Å². The molecule has 1 spiro atoms. The van der Waals surface area contributed by atoms with Crippen LogP contribution in [0.4, 0.5) is 5.69 Å². The van der Waals surface area contributed by atoms with Crippen LogP contribution < -0.4 is 4.90 Å². The number of halogens is 2. The van der Waals surface area contributed by atoms with Crippen LogP contribution in [0.15, 0.2) is 127 Å². The Morgan fingerprint density at radius 1 is 0.721 bits per heavy atom.